The van der Waals surface area contributed by atoms with Crippen molar-refractivity contribution in [2.45, 2.75) is 24.4 Å². The lowest BCUT2D eigenvalue weighted by Crippen LogP contribution is -2.38. The van der Waals surface area contributed by atoms with Crippen molar-refractivity contribution in [3.8, 4) is 0 Å². The Labute approximate surface area is 83.4 Å². The molecule has 1 aliphatic carbocycles. The molecule has 1 aliphatic rings. The van der Waals surface area contributed by atoms with Crippen LogP contribution in [0.4, 0.5) is 0 Å². The van der Waals surface area contributed by atoms with Crippen molar-refractivity contribution in [2.24, 2.45) is 5.73 Å². The molecular weight excluding hydrogens is 180 g/mol. The second-order valence-electron chi connectivity index (χ2n) is 4.11. The third-order valence-corrected chi connectivity index (χ3v) is 3.63. The fraction of sp³-hybridized carbons (Fsp3) is 0.600. The van der Waals surface area contributed by atoms with Gasteiger partial charge in [-0.05, 0) is 38.4 Å². The van der Waals surface area contributed by atoms with Gasteiger partial charge in [-0.2, -0.15) is 0 Å². The zero-order valence-electron chi connectivity index (χ0n) is 8.16. The van der Waals surface area contributed by atoms with Gasteiger partial charge in [-0.25, -0.2) is 0 Å². The molecule has 1 atom stereocenters. The van der Waals surface area contributed by atoms with Crippen LogP contribution >= 0.6 is 11.3 Å². The van der Waals surface area contributed by atoms with E-state index in [4.69, 9.17) is 5.73 Å². The molecule has 0 aliphatic heterocycles. The van der Waals surface area contributed by atoms with Crippen LogP contribution in [0, 0.1) is 0 Å². The van der Waals surface area contributed by atoms with Crippen molar-refractivity contribution in [2.75, 3.05) is 14.1 Å². The predicted octanol–water partition coefficient (Wildman–Crippen LogP) is 1.84. The zero-order chi connectivity index (χ0) is 9.47. The molecule has 1 fully saturated rings. The van der Waals surface area contributed by atoms with Gasteiger partial charge in [-0.1, -0.05) is 6.07 Å². The largest absolute Gasteiger partial charge is 0.323 e. The number of nitrogens with zero attached hydrogens (tertiary/aromatic N) is 1. The van der Waals surface area contributed by atoms with Gasteiger partial charge in [0.2, 0.25) is 0 Å². The summed E-state index contributed by atoms with van der Waals surface area (Å²) in [6.07, 6.45) is 2.32. The van der Waals surface area contributed by atoms with E-state index >= 15 is 0 Å². The number of hydrogen-bond acceptors (Lipinski definition) is 3. The van der Waals surface area contributed by atoms with Gasteiger partial charge in [-0.15, -0.1) is 11.3 Å². The van der Waals surface area contributed by atoms with E-state index in [0.29, 0.717) is 6.04 Å². The van der Waals surface area contributed by atoms with Crippen LogP contribution in [-0.2, 0) is 0 Å². The van der Waals surface area contributed by atoms with Gasteiger partial charge in [0.15, 0.2) is 0 Å². The first-order valence-corrected chi connectivity index (χ1v) is 5.50. The van der Waals surface area contributed by atoms with Crippen molar-refractivity contribution in [1.82, 2.24) is 4.90 Å². The summed E-state index contributed by atoms with van der Waals surface area (Å²) < 4.78 is 0. The van der Waals surface area contributed by atoms with Crippen LogP contribution in [0.5, 0.6) is 0 Å². The molecule has 0 saturated heterocycles. The third-order valence-electron chi connectivity index (χ3n) is 2.70. The smallest absolute Gasteiger partial charge is 0.0617 e. The molecule has 13 heavy (non-hydrogen) atoms. The molecule has 0 amide bonds. The summed E-state index contributed by atoms with van der Waals surface area (Å²) in [6.45, 7) is 0. The second kappa shape index (κ2) is 3.08. The van der Waals surface area contributed by atoms with Crippen molar-refractivity contribution < 1.29 is 0 Å². The minimum absolute atomic E-state index is 0.0500. The molecule has 2 nitrogen and oxygen atoms in total. The Morgan fingerprint density at radius 2 is 2.23 bits per heavy atom. The molecule has 3 heteroatoms. The van der Waals surface area contributed by atoms with Gasteiger partial charge >= 0.3 is 0 Å². The molecule has 0 aromatic carbocycles. The minimum Gasteiger partial charge on any atom is -0.323 e. The van der Waals surface area contributed by atoms with Gasteiger partial charge < -0.3 is 10.6 Å². The molecule has 72 valence electrons. The number of likely N-dealkylation sites (N-methyl/N-ethyl adjacent to an activating group) is 1. The van der Waals surface area contributed by atoms with E-state index in [0.717, 1.165) is 12.8 Å². The average molecular weight is 196 g/mol. The molecule has 2 N–H and O–H groups in total. The lowest BCUT2D eigenvalue weighted by molar-refractivity contribution is 0.250. The maximum atomic E-state index is 6.25. The van der Waals surface area contributed by atoms with E-state index < -0.39 is 0 Å². The Hall–Kier alpha value is -0.380. The molecule has 1 unspecified atom stereocenters. The summed E-state index contributed by atoms with van der Waals surface area (Å²) in [6, 6.07) is 4.69. The number of thiophene rings is 1. The summed E-state index contributed by atoms with van der Waals surface area (Å²) in [4.78, 5) is 3.63. The molecule has 1 heterocycles. The van der Waals surface area contributed by atoms with Crippen molar-refractivity contribution >= 4 is 11.3 Å². The molecule has 1 aromatic rings. The maximum absolute atomic E-state index is 6.25. The van der Waals surface area contributed by atoms with Gasteiger partial charge in [0.25, 0.3) is 0 Å². The molecule has 0 radical (unpaired) electrons. The highest BCUT2D eigenvalue weighted by Crippen LogP contribution is 2.46. The van der Waals surface area contributed by atoms with Crippen LogP contribution < -0.4 is 5.73 Å². The Bertz CT molecular complexity index is 275. The molecular formula is C10H16N2S. The van der Waals surface area contributed by atoms with Crippen LogP contribution in [0.25, 0.3) is 0 Å². The average Bonchev–Trinajstić information content (AvgIpc) is 2.62. The Balaban J connectivity index is 2.25. The summed E-state index contributed by atoms with van der Waals surface area (Å²) in [5, 5.41) is 2.12. The first-order valence-electron chi connectivity index (χ1n) is 4.62. The normalized spacial score (nSPS) is 21.8. The summed E-state index contributed by atoms with van der Waals surface area (Å²) >= 11 is 1.80. The van der Waals surface area contributed by atoms with Gasteiger partial charge in [0, 0.05) is 10.4 Å². The van der Waals surface area contributed by atoms with E-state index in [1.54, 1.807) is 11.3 Å². The molecule has 0 spiro atoms. The van der Waals surface area contributed by atoms with Gasteiger partial charge in [0.1, 0.15) is 0 Å². The maximum Gasteiger partial charge on any atom is 0.0617 e. The fourth-order valence-corrected chi connectivity index (χ4v) is 2.96. The third kappa shape index (κ3) is 1.64. The van der Waals surface area contributed by atoms with Crippen LogP contribution in [0.15, 0.2) is 17.5 Å². The van der Waals surface area contributed by atoms with Gasteiger partial charge in [0.05, 0.1) is 6.04 Å². The molecule has 2 rings (SSSR count). The zero-order valence-corrected chi connectivity index (χ0v) is 8.97. The Morgan fingerprint density at radius 1 is 1.54 bits per heavy atom. The Morgan fingerprint density at radius 3 is 2.62 bits per heavy atom. The van der Waals surface area contributed by atoms with E-state index in [9.17, 15) is 0 Å². The fourth-order valence-electron chi connectivity index (χ4n) is 1.92. The minimum atomic E-state index is 0.0500. The highest BCUT2D eigenvalue weighted by Gasteiger charge is 2.47. The Kier molecular flexibility index (Phi) is 2.18. The summed E-state index contributed by atoms with van der Waals surface area (Å²) in [5.41, 5.74) is 6.30. The number of hydrogen-bond donors (Lipinski definition) is 1. The quantitative estimate of drug-likeness (QED) is 0.799. The molecule has 0 bridgehead atoms. The van der Waals surface area contributed by atoms with E-state index in [-0.39, 0.29) is 5.54 Å². The van der Waals surface area contributed by atoms with Gasteiger partial charge in [-0.3, -0.25) is 0 Å². The standard InChI is InChI=1S/C10H16N2S/c1-12(2)9(10(11)5-6-10)8-4-3-7-13-8/h3-4,7,9H,5-6,11H2,1-2H3. The van der Waals surface area contributed by atoms with E-state index in [1.165, 1.54) is 4.88 Å². The second-order valence-corrected chi connectivity index (χ2v) is 5.09. The number of nitrogens with two attached hydrogens (primary N) is 1. The van der Waals surface area contributed by atoms with Crippen molar-refractivity contribution in [3.63, 3.8) is 0 Å². The monoisotopic (exact) mass is 196 g/mol. The van der Waals surface area contributed by atoms with Crippen molar-refractivity contribution in [1.29, 1.82) is 0 Å². The van der Waals surface area contributed by atoms with E-state index in [2.05, 4.69) is 36.5 Å². The van der Waals surface area contributed by atoms with Crippen LogP contribution in [0.3, 0.4) is 0 Å². The lowest BCUT2D eigenvalue weighted by Gasteiger charge is -2.29. The topological polar surface area (TPSA) is 29.3 Å². The first-order chi connectivity index (χ1) is 6.13. The number of rotatable bonds is 3. The highest BCUT2D eigenvalue weighted by atomic mass is 32.1. The van der Waals surface area contributed by atoms with Crippen LogP contribution in [-0.4, -0.2) is 24.5 Å². The highest BCUT2D eigenvalue weighted by molar-refractivity contribution is 7.10. The summed E-state index contributed by atoms with van der Waals surface area (Å²) in [5.74, 6) is 0. The molecule has 1 saturated carbocycles. The lowest BCUT2D eigenvalue weighted by atomic mass is 10.0. The first kappa shape index (κ1) is 9.19. The van der Waals surface area contributed by atoms with Crippen LogP contribution in [0.1, 0.15) is 23.8 Å². The SMILES string of the molecule is CN(C)C(c1cccs1)C1(N)CC1. The van der Waals surface area contributed by atoms with Crippen LogP contribution in [0.2, 0.25) is 0 Å². The molecule has 1 aromatic heterocycles. The predicted molar refractivity (Wildman–Crippen MR) is 56.9 cm³/mol. The van der Waals surface area contributed by atoms with E-state index in [1.807, 2.05) is 0 Å². The van der Waals surface area contributed by atoms with Crippen molar-refractivity contribution in [3.05, 3.63) is 22.4 Å². The summed E-state index contributed by atoms with van der Waals surface area (Å²) in [7, 11) is 4.22.